The predicted octanol–water partition coefficient (Wildman–Crippen LogP) is 5.14. The highest BCUT2D eigenvalue weighted by molar-refractivity contribution is 6.35. The van der Waals surface area contributed by atoms with E-state index in [2.05, 4.69) is 17.3 Å². The van der Waals surface area contributed by atoms with Gasteiger partial charge in [0, 0.05) is 34.7 Å². The van der Waals surface area contributed by atoms with E-state index < -0.39 is 6.09 Å². The maximum atomic E-state index is 11.5. The van der Waals surface area contributed by atoms with Crippen LogP contribution in [0.25, 0.3) is 0 Å². The molecule has 2 aromatic rings. The zero-order chi connectivity index (χ0) is 18.0. The van der Waals surface area contributed by atoms with E-state index in [0.29, 0.717) is 22.3 Å². The van der Waals surface area contributed by atoms with E-state index >= 15 is 0 Å². The fraction of sp³-hybridized carbons (Fsp3) is 0.316. The zero-order valence-electron chi connectivity index (χ0n) is 14.2. The number of halogens is 2. The first kappa shape index (κ1) is 18.1. The summed E-state index contributed by atoms with van der Waals surface area (Å²) in [5.74, 6) is 0.182. The van der Waals surface area contributed by atoms with Gasteiger partial charge in [-0.15, -0.1) is 0 Å². The van der Waals surface area contributed by atoms with Gasteiger partial charge in [0.15, 0.2) is 0 Å². The Morgan fingerprint density at radius 1 is 1.28 bits per heavy atom. The number of carbonyl (C=O) groups excluding carboxylic acids is 1. The van der Waals surface area contributed by atoms with Crippen molar-refractivity contribution in [1.29, 1.82) is 0 Å². The maximum absolute atomic E-state index is 11.5. The summed E-state index contributed by atoms with van der Waals surface area (Å²) in [4.78, 5) is 13.8. The number of ether oxygens (including phenoxy) is 1. The van der Waals surface area contributed by atoms with Crippen LogP contribution in [0.15, 0.2) is 36.4 Å². The summed E-state index contributed by atoms with van der Waals surface area (Å²) < 4.78 is 4.89. The average molecular weight is 379 g/mol. The summed E-state index contributed by atoms with van der Waals surface area (Å²) in [5.41, 5.74) is 4.15. The van der Waals surface area contributed by atoms with Crippen LogP contribution in [0.3, 0.4) is 0 Å². The Balaban J connectivity index is 1.88. The van der Waals surface area contributed by atoms with Crippen LogP contribution in [0.2, 0.25) is 10.0 Å². The standard InChI is InChI=1S/C19H20Cl2N2O2/c1-3-25-19(24)22-14-6-4-12(5-7-14)16-10-23(2)11-17-15(16)8-13(20)9-18(17)21/h4-9,16H,3,10-11H2,1-2H3,(H,22,24). The third-order valence-electron chi connectivity index (χ3n) is 4.33. The Hall–Kier alpha value is -1.75. The van der Waals surface area contributed by atoms with E-state index in [4.69, 9.17) is 27.9 Å². The van der Waals surface area contributed by atoms with E-state index in [1.165, 1.54) is 5.56 Å². The van der Waals surface area contributed by atoms with E-state index in [9.17, 15) is 4.79 Å². The number of hydrogen-bond acceptors (Lipinski definition) is 3. The number of amides is 1. The molecular formula is C19H20Cl2N2O2. The van der Waals surface area contributed by atoms with Gasteiger partial charge in [-0.25, -0.2) is 4.79 Å². The summed E-state index contributed by atoms with van der Waals surface area (Å²) in [6.45, 7) is 3.81. The molecular weight excluding hydrogens is 359 g/mol. The molecule has 0 saturated heterocycles. The third kappa shape index (κ3) is 4.09. The lowest BCUT2D eigenvalue weighted by atomic mass is 9.85. The summed E-state index contributed by atoms with van der Waals surface area (Å²) in [7, 11) is 2.08. The molecule has 0 aromatic heterocycles. The van der Waals surface area contributed by atoms with Gasteiger partial charge in [-0.05, 0) is 54.9 Å². The topological polar surface area (TPSA) is 41.6 Å². The van der Waals surface area contributed by atoms with Crippen LogP contribution in [0.4, 0.5) is 10.5 Å². The number of anilines is 1. The van der Waals surface area contributed by atoms with E-state index in [1.807, 2.05) is 30.3 Å². The molecule has 1 atom stereocenters. The lowest BCUT2D eigenvalue weighted by Crippen LogP contribution is -2.31. The number of carbonyl (C=O) groups is 1. The number of nitrogens with one attached hydrogen (secondary N) is 1. The second-order valence-electron chi connectivity index (χ2n) is 6.17. The summed E-state index contributed by atoms with van der Waals surface area (Å²) in [5, 5.41) is 4.07. The van der Waals surface area contributed by atoms with Crippen molar-refractivity contribution in [2.24, 2.45) is 0 Å². The van der Waals surface area contributed by atoms with Crippen molar-refractivity contribution >= 4 is 35.0 Å². The molecule has 4 nitrogen and oxygen atoms in total. The number of fused-ring (bicyclic) bond motifs is 1. The fourth-order valence-corrected chi connectivity index (χ4v) is 3.78. The molecule has 0 fully saturated rings. The molecule has 1 amide bonds. The molecule has 1 N–H and O–H groups in total. The van der Waals surface area contributed by atoms with Gasteiger partial charge in [0.05, 0.1) is 6.61 Å². The van der Waals surface area contributed by atoms with Crippen molar-refractivity contribution in [1.82, 2.24) is 4.90 Å². The van der Waals surface area contributed by atoms with Crippen LogP contribution in [0.1, 0.15) is 29.5 Å². The molecule has 1 aliphatic rings. The van der Waals surface area contributed by atoms with E-state index in [1.54, 1.807) is 13.0 Å². The first-order chi connectivity index (χ1) is 12.0. The minimum Gasteiger partial charge on any atom is -0.450 e. The van der Waals surface area contributed by atoms with Crippen molar-refractivity contribution in [3.05, 3.63) is 63.1 Å². The molecule has 6 heteroatoms. The highest BCUT2D eigenvalue weighted by Crippen LogP contribution is 2.38. The zero-order valence-corrected chi connectivity index (χ0v) is 15.7. The highest BCUT2D eigenvalue weighted by Gasteiger charge is 2.27. The van der Waals surface area contributed by atoms with E-state index in [0.717, 1.165) is 24.2 Å². The molecule has 0 aliphatic carbocycles. The third-order valence-corrected chi connectivity index (χ3v) is 4.88. The molecule has 0 bridgehead atoms. The van der Waals surface area contributed by atoms with Crippen molar-refractivity contribution in [3.8, 4) is 0 Å². The van der Waals surface area contributed by atoms with Crippen LogP contribution in [-0.2, 0) is 11.3 Å². The van der Waals surface area contributed by atoms with Crippen LogP contribution < -0.4 is 5.32 Å². The van der Waals surface area contributed by atoms with Crippen molar-refractivity contribution in [2.75, 3.05) is 25.5 Å². The normalized spacial score (nSPS) is 17.0. The van der Waals surface area contributed by atoms with Gasteiger partial charge in [0.25, 0.3) is 0 Å². The molecule has 1 unspecified atom stereocenters. The van der Waals surface area contributed by atoms with Gasteiger partial charge in [-0.1, -0.05) is 35.3 Å². The predicted molar refractivity (Wildman–Crippen MR) is 102 cm³/mol. The lowest BCUT2D eigenvalue weighted by Gasteiger charge is -2.33. The van der Waals surface area contributed by atoms with E-state index in [-0.39, 0.29) is 5.92 Å². The first-order valence-electron chi connectivity index (χ1n) is 8.18. The quantitative estimate of drug-likeness (QED) is 0.803. The summed E-state index contributed by atoms with van der Waals surface area (Å²) >= 11 is 12.6. The largest absolute Gasteiger partial charge is 0.450 e. The molecule has 132 valence electrons. The molecule has 1 aliphatic heterocycles. The molecule has 1 heterocycles. The monoisotopic (exact) mass is 378 g/mol. The van der Waals surface area contributed by atoms with Gasteiger partial charge in [-0.2, -0.15) is 0 Å². The fourth-order valence-electron chi connectivity index (χ4n) is 3.21. The number of rotatable bonds is 3. The summed E-state index contributed by atoms with van der Waals surface area (Å²) in [6, 6.07) is 11.6. The second kappa shape index (κ2) is 7.65. The molecule has 25 heavy (non-hydrogen) atoms. The summed E-state index contributed by atoms with van der Waals surface area (Å²) in [6.07, 6.45) is -0.448. The minimum absolute atomic E-state index is 0.182. The number of hydrogen-bond donors (Lipinski definition) is 1. The van der Waals surface area contributed by atoms with Gasteiger partial charge in [-0.3, -0.25) is 5.32 Å². The van der Waals surface area contributed by atoms with Crippen LogP contribution in [0.5, 0.6) is 0 Å². The molecule has 2 aromatic carbocycles. The highest BCUT2D eigenvalue weighted by atomic mass is 35.5. The second-order valence-corrected chi connectivity index (χ2v) is 7.02. The molecule has 0 spiro atoms. The molecule has 0 radical (unpaired) electrons. The Bertz CT molecular complexity index is 778. The van der Waals surface area contributed by atoms with Crippen molar-refractivity contribution in [3.63, 3.8) is 0 Å². The van der Waals surface area contributed by atoms with Gasteiger partial charge >= 0.3 is 6.09 Å². The Labute approximate surface area is 157 Å². The number of benzene rings is 2. The maximum Gasteiger partial charge on any atom is 0.411 e. The minimum atomic E-state index is -0.448. The SMILES string of the molecule is CCOC(=O)Nc1ccc(C2CN(C)Cc3c(Cl)cc(Cl)cc32)cc1. The first-order valence-corrected chi connectivity index (χ1v) is 8.93. The van der Waals surface area contributed by atoms with Crippen molar-refractivity contribution in [2.45, 2.75) is 19.4 Å². The molecule has 0 saturated carbocycles. The number of nitrogens with zero attached hydrogens (tertiary/aromatic N) is 1. The van der Waals surface area contributed by atoms with Gasteiger partial charge < -0.3 is 9.64 Å². The smallest absolute Gasteiger partial charge is 0.411 e. The van der Waals surface area contributed by atoms with Crippen molar-refractivity contribution < 1.29 is 9.53 Å². The van der Waals surface area contributed by atoms with Gasteiger partial charge in [0.1, 0.15) is 0 Å². The van der Waals surface area contributed by atoms with Crippen LogP contribution >= 0.6 is 23.2 Å². The molecule has 3 rings (SSSR count). The Morgan fingerprint density at radius 2 is 2.00 bits per heavy atom. The average Bonchev–Trinajstić information content (AvgIpc) is 2.56. The number of likely N-dealkylation sites (N-methyl/N-ethyl adjacent to an activating group) is 1. The van der Waals surface area contributed by atoms with Crippen LogP contribution in [0, 0.1) is 0 Å². The van der Waals surface area contributed by atoms with Gasteiger partial charge in [0.2, 0.25) is 0 Å². The Morgan fingerprint density at radius 3 is 2.68 bits per heavy atom. The lowest BCUT2D eigenvalue weighted by molar-refractivity contribution is 0.168. The Kier molecular flexibility index (Phi) is 5.52. The van der Waals surface area contributed by atoms with Crippen LogP contribution in [-0.4, -0.2) is 31.2 Å².